The number of aliphatic carboxylic acids is 1. The van der Waals surface area contributed by atoms with E-state index in [0.717, 1.165) is 0 Å². The molecule has 122 valence electrons. The fourth-order valence-electron chi connectivity index (χ4n) is 1.79. The van der Waals surface area contributed by atoms with Crippen LogP contribution in [0.5, 0.6) is 0 Å². The summed E-state index contributed by atoms with van der Waals surface area (Å²) in [5, 5.41) is 8.78. The maximum Gasteiger partial charge on any atom is 0.320 e. The Morgan fingerprint density at radius 2 is 1.67 bits per heavy atom. The van der Waals surface area contributed by atoms with Gasteiger partial charge in [-0.15, -0.1) is 0 Å². The van der Waals surface area contributed by atoms with Crippen LogP contribution < -0.4 is 0 Å². The maximum atomic E-state index is 12.4. The van der Waals surface area contributed by atoms with Crippen LogP contribution >= 0.6 is 0 Å². The summed E-state index contributed by atoms with van der Waals surface area (Å²) in [6.45, 7) is 6.13. The Kier molecular flexibility index (Phi) is 7.76. The lowest BCUT2D eigenvalue weighted by molar-refractivity contribution is -0.141. The number of carbonyl (C=O) groups is 3. The van der Waals surface area contributed by atoms with Crippen LogP contribution in [-0.4, -0.2) is 65.7 Å². The van der Waals surface area contributed by atoms with Gasteiger partial charge in [0.1, 0.15) is 0 Å². The van der Waals surface area contributed by atoms with Gasteiger partial charge in [-0.05, 0) is 27.2 Å². The van der Waals surface area contributed by atoms with Crippen molar-refractivity contribution in [2.24, 2.45) is 0 Å². The van der Waals surface area contributed by atoms with Crippen molar-refractivity contribution in [3.05, 3.63) is 0 Å². The van der Waals surface area contributed by atoms with Crippen LogP contribution in [0.15, 0.2) is 0 Å². The largest absolute Gasteiger partial charge is 0.481 e. The van der Waals surface area contributed by atoms with Gasteiger partial charge in [0.15, 0.2) is 0 Å². The number of hydrogen-bond acceptors (Lipinski definition) is 4. The molecular weight excluding hydrogens is 276 g/mol. The zero-order valence-electron chi connectivity index (χ0n) is 13.5. The normalized spacial score (nSPS) is 10.9. The van der Waals surface area contributed by atoms with E-state index >= 15 is 0 Å². The summed E-state index contributed by atoms with van der Waals surface area (Å²) in [6, 6.07) is -0.242. The molecule has 21 heavy (non-hydrogen) atoms. The highest BCUT2D eigenvalue weighted by molar-refractivity contribution is 5.76. The highest BCUT2D eigenvalue weighted by atomic mass is 16.5. The van der Waals surface area contributed by atoms with Gasteiger partial charge in [0.2, 0.25) is 0 Å². The van der Waals surface area contributed by atoms with Crippen molar-refractivity contribution in [3.63, 3.8) is 0 Å². The smallest absolute Gasteiger partial charge is 0.320 e. The first-order valence-electron chi connectivity index (χ1n) is 6.91. The number of rotatable bonds is 7. The average molecular weight is 302 g/mol. The summed E-state index contributed by atoms with van der Waals surface area (Å²) < 4.78 is 4.54. The van der Waals surface area contributed by atoms with Crippen molar-refractivity contribution < 1.29 is 24.2 Å². The van der Waals surface area contributed by atoms with Crippen molar-refractivity contribution in [2.45, 2.75) is 45.6 Å². The molecule has 2 amide bonds. The topological polar surface area (TPSA) is 87.2 Å². The first-order valence-corrected chi connectivity index (χ1v) is 6.91. The SMILES string of the molecule is COC(=O)CCCN(C)C(=O)N(CCC(=O)O)C(C)(C)C. The molecule has 0 heterocycles. The molecule has 0 saturated carbocycles. The Bertz CT molecular complexity index is 376. The quantitative estimate of drug-likeness (QED) is 0.721. The van der Waals surface area contributed by atoms with Gasteiger partial charge >= 0.3 is 18.0 Å². The molecule has 0 aromatic heterocycles. The number of nitrogens with zero attached hydrogens (tertiary/aromatic N) is 2. The third-order valence-electron chi connectivity index (χ3n) is 3.02. The van der Waals surface area contributed by atoms with Crippen molar-refractivity contribution >= 4 is 18.0 Å². The molecule has 0 rings (SSSR count). The standard InChI is InChI=1S/C14H26N2O5/c1-14(2,3)16(10-8-11(17)18)13(20)15(4)9-6-7-12(19)21-5/h6-10H2,1-5H3,(H,17,18). The molecule has 7 heteroatoms. The minimum absolute atomic E-state index is 0.0982. The number of urea groups is 1. The van der Waals surface area contributed by atoms with Crippen LogP contribution in [-0.2, 0) is 14.3 Å². The zero-order valence-corrected chi connectivity index (χ0v) is 13.5. The summed E-state index contributed by atoms with van der Waals surface area (Å²) in [4.78, 5) is 37.1. The van der Waals surface area contributed by atoms with Gasteiger partial charge in [0.05, 0.1) is 13.5 Å². The highest BCUT2D eigenvalue weighted by Gasteiger charge is 2.28. The summed E-state index contributed by atoms with van der Waals surface area (Å²) in [5.41, 5.74) is -0.469. The van der Waals surface area contributed by atoms with Crippen LogP contribution in [0, 0.1) is 0 Å². The molecule has 0 fully saturated rings. The van der Waals surface area contributed by atoms with Crippen molar-refractivity contribution in [2.75, 3.05) is 27.2 Å². The van der Waals surface area contributed by atoms with Gasteiger partial charge < -0.3 is 19.6 Å². The number of esters is 1. The lowest BCUT2D eigenvalue weighted by atomic mass is 10.1. The summed E-state index contributed by atoms with van der Waals surface area (Å²) >= 11 is 0. The first-order chi connectivity index (χ1) is 9.59. The molecule has 1 N–H and O–H groups in total. The fourth-order valence-corrected chi connectivity index (χ4v) is 1.79. The van der Waals surface area contributed by atoms with Gasteiger partial charge in [-0.25, -0.2) is 4.79 Å². The number of ether oxygens (including phenoxy) is 1. The van der Waals surface area contributed by atoms with E-state index in [1.54, 1.807) is 7.05 Å². The van der Waals surface area contributed by atoms with Gasteiger partial charge in [0.25, 0.3) is 0 Å². The second kappa shape index (κ2) is 8.49. The molecule has 0 aromatic rings. The monoisotopic (exact) mass is 302 g/mol. The number of amides is 2. The summed E-state index contributed by atoms with van der Waals surface area (Å²) in [7, 11) is 2.96. The zero-order chi connectivity index (χ0) is 16.6. The fraction of sp³-hybridized carbons (Fsp3) is 0.786. The number of methoxy groups -OCH3 is 1. The minimum atomic E-state index is -0.939. The maximum absolute atomic E-state index is 12.4. The Morgan fingerprint density at radius 1 is 1.10 bits per heavy atom. The Hall–Kier alpha value is -1.79. The van der Waals surface area contributed by atoms with Crippen LogP contribution in [0.2, 0.25) is 0 Å². The Labute approximate surface area is 125 Å². The molecule has 7 nitrogen and oxygen atoms in total. The predicted molar refractivity (Wildman–Crippen MR) is 78.0 cm³/mol. The molecule has 0 radical (unpaired) electrons. The van der Waals surface area contributed by atoms with Crippen molar-refractivity contribution in [3.8, 4) is 0 Å². The first kappa shape index (κ1) is 19.2. The molecule has 0 spiro atoms. The Balaban J connectivity index is 4.57. The van der Waals surface area contributed by atoms with E-state index in [-0.39, 0.29) is 31.4 Å². The molecule has 0 aliphatic rings. The average Bonchev–Trinajstić information content (AvgIpc) is 2.36. The van der Waals surface area contributed by atoms with Gasteiger partial charge in [-0.2, -0.15) is 0 Å². The predicted octanol–water partition coefficient (Wildman–Crippen LogP) is 1.57. The van der Waals surface area contributed by atoms with Crippen LogP contribution in [0.4, 0.5) is 4.79 Å². The van der Waals surface area contributed by atoms with E-state index in [1.165, 1.54) is 16.9 Å². The molecular formula is C14H26N2O5. The molecule has 0 aliphatic carbocycles. The Morgan fingerprint density at radius 3 is 2.10 bits per heavy atom. The van der Waals surface area contributed by atoms with Crippen molar-refractivity contribution in [1.82, 2.24) is 9.80 Å². The number of carboxylic acid groups (broad SMARTS) is 1. The number of hydrogen-bond donors (Lipinski definition) is 1. The lowest BCUT2D eigenvalue weighted by Crippen LogP contribution is -2.51. The molecule has 0 aromatic carbocycles. The third kappa shape index (κ3) is 7.53. The van der Waals surface area contributed by atoms with E-state index in [0.29, 0.717) is 13.0 Å². The lowest BCUT2D eigenvalue weighted by Gasteiger charge is -2.38. The van der Waals surface area contributed by atoms with Gasteiger partial charge in [0, 0.05) is 32.1 Å². The van der Waals surface area contributed by atoms with E-state index in [4.69, 9.17) is 5.11 Å². The van der Waals surface area contributed by atoms with Gasteiger partial charge in [-0.1, -0.05) is 0 Å². The number of carboxylic acids is 1. The van der Waals surface area contributed by atoms with E-state index in [2.05, 4.69) is 4.74 Å². The molecule has 0 saturated heterocycles. The molecule has 0 atom stereocenters. The molecule has 0 unspecified atom stereocenters. The highest BCUT2D eigenvalue weighted by Crippen LogP contribution is 2.16. The number of carbonyl (C=O) groups excluding carboxylic acids is 2. The summed E-state index contributed by atoms with van der Waals surface area (Å²) in [6.07, 6.45) is 0.656. The van der Waals surface area contributed by atoms with Gasteiger partial charge in [-0.3, -0.25) is 9.59 Å². The molecule has 0 aliphatic heterocycles. The van der Waals surface area contributed by atoms with Crippen LogP contribution in [0.1, 0.15) is 40.0 Å². The van der Waals surface area contributed by atoms with E-state index in [1.807, 2.05) is 20.8 Å². The summed E-state index contributed by atoms with van der Waals surface area (Å²) in [5.74, 6) is -1.25. The molecule has 0 bridgehead atoms. The van der Waals surface area contributed by atoms with E-state index in [9.17, 15) is 14.4 Å². The second-order valence-electron chi connectivity index (χ2n) is 5.85. The van der Waals surface area contributed by atoms with Crippen LogP contribution in [0.3, 0.4) is 0 Å². The van der Waals surface area contributed by atoms with E-state index < -0.39 is 11.5 Å². The third-order valence-corrected chi connectivity index (χ3v) is 3.02. The van der Waals surface area contributed by atoms with Crippen LogP contribution in [0.25, 0.3) is 0 Å². The minimum Gasteiger partial charge on any atom is -0.481 e. The second-order valence-corrected chi connectivity index (χ2v) is 5.85. The van der Waals surface area contributed by atoms with Crippen molar-refractivity contribution in [1.29, 1.82) is 0 Å².